The molecule has 0 radical (unpaired) electrons. The van der Waals surface area contributed by atoms with Crippen LogP contribution < -0.4 is 14.9 Å². The summed E-state index contributed by atoms with van der Waals surface area (Å²) in [4.78, 5) is 11.8. The van der Waals surface area contributed by atoms with Crippen molar-refractivity contribution in [3.63, 3.8) is 0 Å². The molecule has 2 rings (SSSR count). The van der Waals surface area contributed by atoms with Crippen LogP contribution in [0, 0.1) is 0 Å². The Morgan fingerprint density at radius 2 is 2.04 bits per heavy atom. The number of nitrogens with one attached hydrogen (secondary N) is 1. The number of amides is 1. The number of ether oxygens (including phenoxy) is 2. The van der Waals surface area contributed by atoms with Crippen molar-refractivity contribution in [2.75, 3.05) is 13.2 Å². The Morgan fingerprint density at radius 3 is 2.81 bits per heavy atom. The average Bonchev–Trinajstić information content (AvgIpc) is 2.62. The van der Waals surface area contributed by atoms with Crippen LogP contribution in [0.15, 0.2) is 58.6 Å². The van der Waals surface area contributed by atoms with Gasteiger partial charge in [-0.1, -0.05) is 57.9 Å². The summed E-state index contributed by atoms with van der Waals surface area (Å²) in [6, 6.07) is 10.4. The van der Waals surface area contributed by atoms with Crippen LogP contribution in [0.5, 0.6) is 11.5 Å². The number of carbonyl (C=O) groups is 1. The summed E-state index contributed by atoms with van der Waals surface area (Å²) in [5.74, 6) is 0.499. The van der Waals surface area contributed by atoms with E-state index >= 15 is 0 Å². The van der Waals surface area contributed by atoms with Crippen molar-refractivity contribution in [1.82, 2.24) is 5.43 Å². The van der Waals surface area contributed by atoms with Gasteiger partial charge in [0.1, 0.15) is 23.1 Å². The quantitative estimate of drug-likeness (QED) is 0.350. The van der Waals surface area contributed by atoms with Gasteiger partial charge in [0.15, 0.2) is 6.61 Å². The maximum atomic E-state index is 11.8. The first-order chi connectivity index (χ1) is 12.5. The topological polar surface area (TPSA) is 59.9 Å². The van der Waals surface area contributed by atoms with Crippen molar-refractivity contribution >= 4 is 51.3 Å². The molecule has 0 heterocycles. The predicted octanol–water partition coefficient (Wildman–Crippen LogP) is 4.85. The van der Waals surface area contributed by atoms with Gasteiger partial charge in [-0.05, 0) is 30.3 Å². The Hall–Kier alpha value is -2.02. The van der Waals surface area contributed by atoms with E-state index in [4.69, 9.17) is 32.7 Å². The Balaban J connectivity index is 1.93. The number of hydrogen-bond acceptors (Lipinski definition) is 4. The summed E-state index contributed by atoms with van der Waals surface area (Å²) in [6.07, 6.45) is 3.12. The molecular weight excluding hydrogens is 443 g/mol. The van der Waals surface area contributed by atoms with Gasteiger partial charge in [0, 0.05) is 10.0 Å². The maximum absolute atomic E-state index is 11.8. The van der Waals surface area contributed by atoms with E-state index < -0.39 is 5.91 Å². The highest BCUT2D eigenvalue weighted by atomic mass is 79.9. The minimum atomic E-state index is -0.444. The molecule has 8 heteroatoms. The minimum Gasteiger partial charge on any atom is -0.489 e. The molecule has 0 aliphatic carbocycles. The van der Waals surface area contributed by atoms with Gasteiger partial charge in [0.05, 0.1) is 11.2 Å². The lowest BCUT2D eigenvalue weighted by atomic mass is 10.2. The van der Waals surface area contributed by atoms with E-state index in [2.05, 4.69) is 33.0 Å². The van der Waals surface area contributed by atoms with E-state index in [9.17, 15) is 4.79 Å². The molecule has 1 amide bonds. The molecule has 2 aromatic rings. The fourth-order valence-corrected chi connectivity index (χ4v) is 2.57. The number of nitrogens with zero attached hydrogens (tertiary/aromatic N) is 1. The molecule has 0 atom stereocenters. The molecule has 0 unspecified atom stereocenters. The molecule has 0 saturated carbocycles. The van der Waals surface area contributed by atoms with Crippen molar-refractivity contribution in [3.05, 3.63) is 69.1 Å². The van der Waals surface area contributed by atoms with Crippen molar-refractivity contribution in [2.45, 2.75) is 0 Å². The summed E-state index contributed by atoms with van der Waals surface area (Å²) in [5, 5.41) is 4.52. The third-order valence-corrected chi connectivity index (χ3v) is 4.29. The van der Waals surface area contributed by atoms with E-state index in [0.717, 1.165) is 4.47 Å². The van der Waals surface area contributed by atoms with Gasteiger partial charge in [-0.15, -0.1) is 0 Å². The van der Waals surface area contributed by atoms with Crippen LogP contribution >= 0.6 is 39.1 Å². The second kappa shape index (κ2) is 10.2. The summed E-state index contributed by atoms with van der Waals surface area (Å²) < 4.78 is 11.7. The largest absolute Gasteiger partial charge is 0.489 e. The lowest BCUT2D eigenvalue weighted by Gasteiger charge is -2.08. The smallest absolute Gasteiger partial charge is 0.277 e. The predicted molar refractivity (Wildman–Crippen MR) is 108 cm³/mol. The normalized spacial score (nSPS) is 10.6. The molecule has 0 bridgehead atoms. The number of rotatable bonds is 8. The molecule has 1 N–H and O–H groups in total. The highest BCUT2D eigenvalue weighted by Gasteiger charge is 2.08. The SMILES string of the molecule is C=CCOc1ccc(Br)cc1/C=N/NC(=O)COc1cccc(Cl)c1Cl. The fraction of sp³-hybridized carbons (Fsp3) is 0.111. The minimum absolute atomic E-state index is 0.253. The van der Waals surface area contributed by atoms with Crippen LogP contribution in [0.25, 0.3) is 0 Å². The fourth-order valence-electron chi connectivity index (χ4n) is 1.85. The van der Waals surface area contributed by atoms with E-state index in [-0.39, 0.29) is 11.6 Å². The molecule has 0 aliphatic rings. The standard InChI is InChI=1S/C18H15BrCl2N2O3/c1-2-8-25-15-7-6-13(19)9-12(15)10-22-23-17(24)11-26-16-5-3-4-14(20)18(16)21/h2-7,9-10H,1,8,11H2,(H,23,24)/b22-10+. The zero-order chi connectivity index (χ0) is 18.9. The number of carbonyl (C=O) groups excluding carboxylic acids is 1. The monoisotopic (exact) mass is 456 g/mol. The molecule has 136 valence electrons. The van der Waals surface area contributed by atoms with Crippen LogP contribution in [0.3, 0.4) is 0 Å². The average molecular weight is 458 g/mol. The lowest BCUT2D eigenvalue weighted by Crippen LogP contribution is -2.24. The highest BCUT2D eigenvalue weighted by Crippen LogP contribution is 2.31. The molecular formula is C18H15BrCl2N2O3. The Kier molecular flexibility index (Phi) is 7.97. The summed E-state index contributed by atoms with van der Waals surface area (Å²) in [5.41, 5.74) is 3.07. The molecule has 0 fully saturated rings. The number of hydrogen-bond donors (Lipinski definition) is 1. The summed E-state index contributed by atoms with van der Waals surface area (Å²) in [6.45, 7) is 3.72. The van der Waals surface area contributed by atoms with Crippen LogP contribution in [0.1, 0.15) is 5.56 Å². The Morgan fingerprint density at radius 1 is 1.23 bits per heavy atom. The zero-order valence-electron chi connectivity index (χ0n) is 13.5. The van der Waals surface area contributed by atoms with Crippen molar-refractivity contribution in [1.29, 1.82) is 0 Å². The third-order valence-electron chi connectivity index (χ3n) is 3.00. The number of benzene rings is 2. The van der Waals surface area contributed by atoms with Crippen LogP contribution in [0.4, 0.5) is 0 Å². The van der Waals surface area contributed by atoms with Gasteiger partial charge in [0.25, 0.3) is 5.91 Å². The lowest BCUT2D eigenvalue weighted by molar-refractivity contribution is -0.123. The molecule has 0 saturated heterocycles. The van der Waals surface area contributed by atoms with Gasteiger partial charge in [-0.25, -0.2) is 5.43 Å². The molecule has 0 spiro atoms. The van der Waals surface area contributed by atoms with E-state index in [1.165, 1.54) is 6.21 Å². The first-order valence-corrected chi connectivity index (χ1v) is 8.98. The highest BCUT2D eigenvalue weighted by molar-refractivity contribution is 9.10. The first kappa shape index (κ1) is 20.3. The molecule has 26 heavy (non-hydrogen) atoms. The van der Waals surface area contributed by atoms with Gasteiger partial charge in [0.2, 0.25) is 0 Å². The second-order valence-electron chi connectivity index (χ2n) is 4.92. The first-order valence-electron chi connectivity index (χ1n) is 7.43. The number of halogens is 3. The van der Waals surface area contributed by atoms with Gasteiger partial charge in [-0.2, -0.15) is 5.10 Å². The second-order valence-corrected chi connectivity index (χ2v) is 6.62. The van der Waals surface area contributed by atoms with E-state index in [1.807, 2.05) is 12.1 Å². The number of hydrazone groups is 1. The molecule has 5 nitrogen and oxygen atoms in total. The Labute approximate surface area is 169 Å². The van der Waals surface area contributed by atoms with Gasteiger partial charge in [-0.3, -0.25) is 4.79 Å². The summed E-state index contributed by atoms with van der Waals surface area (Å²) in [7, 11) is 0. The third kappa shape index (κ3) is 6.05. The van der Waals surface area contributed by atoms with Crippen molar-refractivity contribution < 1.29 is 14.3 Å². The van der Waals surface area contributed by atoms with Crippen molar-refractivity contribution in [2.24, 2.45) is 5.10 Å². The van der Waals surface area contributed by atoms with Crippen LogP contribution in [-0.2, 0) is 4.79 Å². The van der Waals surface area contributed by atoms with Crippen LogP contribution in [0.2, 0.25) is 10.0 Å². The molecule has 0 aliphatic heterocycles. The van der Waals surface area contributed by atoms with Crippen molar-refractivity contribution in [3.8, 4) is 11.5 Å². The van der Waals surface area contributed by atoms with Gasteiger partial charge < -0.3 is 9.47 Å². The zero-order valence-corrected chi connectivity index (χ0v) is 16.6. The molecule has 2 aromatic carbocycles. The summed E-state index contributed by atoms with van der Waals surface area (Å²) >= 11 is 15.3. The molecule has 0 aromatic heterocycles. The van der Waals surface area contributed by atoms with Crippen LogP contribution in [-0.4, -0.2) is 25.3 Å². The maximum Gasteiger partial charge on any atom is 0.277 e. The Bertz CT molecular complexity index is 828. The van der Waals surface area contributed by atoms with E-state index in [0.29, 0.717) is 28.7 Å². The van der Waals surface area contributed by atoms with Gasteiger partial charge >= 0.3 is 0 Å². The van der Waals surface area contributed by atoms with E-state index in [1.54, 1.807) is 30.3 Å².